The summed E-state index contributed by atoms with van der Waals surface area (Å²) < 4.78 is 0. The molecule has 2 heterocycles. The van der Waals surface area contributed by atoms with Crippen molar-refractivity contribution in [1.29, 1.82) is 0 Å². The average molecular weight is 168 g/mol. The lowest BCUT2D eigenvalue weighted by Gasteiger charge is -2.35. The predicted octanol–water partition coefficient (Wildman–Crippen LogP) is -1.88. The largest absolute Gasteiger partial charge is 0.369 e. The number of rotatable bonds is 2. The maximum absolute atomic E-state index is 10.6. The van der Waals surface area contributed by atoms with Gasteiger partial charge in [-0.25, -0.2) is 0 Å². The van der Waals surface area contributed by atoms with Crippen LogP contribution in [0.1, 0.15) is 0 Å². The standard InChI is InChI=1S/C5H8N6O/c6-4(12)3-1-11(2-3)5-7-9-10-8-5/h3H,1-2H2,(H2,6,12)(H,7,8,9,10). The number of carbonyl (C=O) groups is 1. The minimum atomic E-state index is -0.269. The molecule has 0 aliphatic carbocycles. The van der Waals surface area contributed by atoms with E-state index in [1.807, 2.05) is 4.90 Å². The van der Waals surface area contributed by atoms with Crippen LogP contribution in [0.25, 0.3) is 0 Å². The number of aromatic amines is 1. The Hall–Kier alpha value is -1.66. The molecule has 0 aromatic carbocycles. The fourth-order valence-corrected chi connectivity index (χ4v) is 1.11. The van der Waals surface area contributed by atoms with E-state index in [0.717, 1.165) is 0 Å². The normalized spacial score (nSPS) is 17.5. The number of anilines is 1. The zero-order chi connectivity index (χ0) is 8.55. The van der Waals surface area contributed by atoms with E-state index in [1.165, 1.54) is 0 Å². The lowest BCUT2D eigenvalue weighted by Crippen LogP contribution is -2.53. The molecule has 0 spiro atoms. The van der Waals surface area contributed by atoms with Crippen molar-refractivity contribution in [2.75, 3.05) is 18.0 Å². The van der Waals surface area contributed by atoms with Gasteiger partial charge in [-0.1, -0.05) is 5.10 Å². The highest BCUT2D eigenvalue weighted by Gasteiger charge is 2.33. The van der Waals surface area contributed by atoms with E-state index in [0.29, 0.717) is 19.0 Å². The molecular weight excluding hydrogens is 160 g/mol. The molecule has 1 aliphatic rings. The van der Waals surface area contributed by atoms with Crippen LogP contribution in [0.5, 0.6) is 0 Å². The molecule has 0 bridgehead atoms. The van der Waals surface area contributed by atoms with Crippen molar-refractivity contribution < 1.29 is 4.79 Å². The van der Waals surface area contributed by atoms with Crippen LogP contribution in [0.2, 0.25) is 0 Å². The Labute approximate surface area is 67.9 Å². The summed E-state index contributed by atoms with van der Waals surface area (Å²) in [6.45, 7) is 1.18. The third kappa shape index (κ3) is 0.987. The van der Waals surface area contributed by atoms with Crippen LogP contribution in [0.15, 0.2) is 0 Å². The second kappa shape index (κ2) is 2.43. The minimum absolute atomic E-state index is 0.0662. The first kappa shape index (κ1) is 7.01. The SMILES string of the molecule is NC(=O)C1CN(c2nn[nH]n2)C1. The van der Waals surface area contributed by atoms with Crippen molar-refractivity contribution in [2.45, 2.75) is 0 Å². The summed E-state index contributed by atoms with van der Waals surface area (Å²) in [6.07, 6.45) is 0. The summed E-state index contributed by atoms with van der Waals surface area (Å²) in [5.41, 5.74) is 5.08. The summed E-state index contributed by atoms with van der Waals surface area (Å²) in [4.78, 5) is 12.5. The van der Waals surface area contributed by atoms with Gasteiger partial charge in [-0.2, -0.15) is 5.21 Å². The molecule has 0 saturated carbocycles. The van der Waals surface area contributed by atoms with Crippen molar-refractivity contribution in [3.05, 3.63) is 0 Å². The van der Waals surface area contributed by atoms with Gasteiger partial charge in [0, 0.05) is 13.1 Å². The number of nitrogens with zero attached hydrogens (tertiary/aromatic N) is 4. The van der Waals surface area contributed by atoms with Gasteiger partial charge in [0.05, 0.1) is 5.92 Å². The highest BCUT2D eigenvalue weighted by atomic mass is 16.1. The first-order chi connectivity index (χ1) is 5.77. The van der Waals surface area contributed by atoms with E-state index in [1.54, 1.807) is 0 Å². The Morgan fingerprint density at radius 3 is 2.92 bits per heavy atom. The average Bonchev–Trinajstić information content (AvgIpc) is 2.34. The molecule has 0 radical (unpaired) electrons. The molecule has 0 atom stereocenters. The summed E-state index contributed by atoms with van der Waals surface area (Å²) >= 11 is 0. The highest BCUT2D eigenvalue weighted by molar-refractivity contribution is 5.79. The Bertz CT molecular complexity index is 276. The number of nitrogens with one attached hydrogen (secondary N) is 1. The molecule has 0 unspecified atom stereocenters. The van der Waals surface area contributed by atoms with Crippen molar-refractivity contribution in [2.24, 2.45) is 11.7 Å². The number of amides is 1. The van der Waals surface area contributed by atoms with Crippen molar-refractivity contribution in [3.8, 4) is 0 Å². The fourth-order valence-electron chi connectivity index (χ4n) is 1.11. The summed E-state index contributed by atoms with van der Waals surface area (Å²) in [5.74, 6) is 0.186. The molecule has 2 rings (SSSR count). The molecule has 1 fully saturated rings. The van der Waals surface area contributed by atoms with Crippen molar-refractivity contribution >= 4 is 11.9 Å². The lowest BCUT2D eigenvalue weighted by molar-refractivity contribution is -0.122. The highest BCUT2D eigenvalue weighted by Crippen LogP contribution is 2.18. The van der Waals surface area contributed by atoms with E-state index in [4.69, 9.17) is 5.73 Å². The number of primary amides is 1. The topological polar surface area (TPSA) is 101 Å². The summed E-state index contributed by atoms with van der Waals surface area (Å²) in [5, 5.41) is 13.3. The Morgan fingerprint density at radius 2 is 2.42 bits per heavy atom. The second-order valence-corrected chi connectivity index (χ2v) is 2.72. The number of nitrogens with two attached hydrogens (primary N) is 1. The molecule has 7 nitrogen and oxygen atoms in total. The first-order valence-corrected chi connectivity index (χ1v) is 3.55. The van der Waals surface area contributed by atoms with Gasteiger partial charge >= 0.3 is 0 Å². The lowest BCUT2D eigenvalue weighted by atomic mass is 10.0. The smallest absolute Gasteiger partial charge is 0.265 e. The van der Waals surface area contributed by atoms with Crippen LogP contribution in [-0.2, 0) is 4.79 Å². The van der Waals surface area contributed by atoms with Crippen molar-refractivity contribution in [1.82, 2.24) is 20.6 Å². The maximum atomic E-state index is 10.6. The number of hydrogen-bond acceptors (Lipinski definition) is 5. The third-order valence-corrected chi connectivity index (χ3v) is 1.90. The Morgan fingerprint density at radius 1 is 1.67 bits per heavy atom. The van der Waals surface area contributed by atoms with Crippen LogP contribution < -0.4 is 10.6 Å². The number of aromatic nitrogens is 4. The molecule has 12 heavy (non-hydrogen) atoms. The second-order valence-electron chi connectivity index (χ2n) is 2.72. The molecular formula is C5H8N6O. The van der Waals surface area contributed by atoms with Gasteiger partial charge in [-0.15, -0.1) is 5.10 Å². The monoisotopic (exact) mass is 168 g/mol. The zero-order valence-electron chi connectivity index (χ0n) is 6.27. The Kier molecular flexibility index (Phi) is 1.42. The molecule has 1 saturated heterocycles. The van der Waals surface area contributed by atoms with Gasteiger partial charge in [-0.3, -0.25) is 4.79 Å². The number of carbonyl (C=O) groups excluding carboxylic acids is 1. The van der Waals surface area contributed by atoms with Gasteiger partial charge < -0.3 is 10.6 Å². The summed E-state index contributed by atoms with van der Waals surface area (Å²) in [6, 6.07) is 0. The van der Waals surface area contributed by atoms with Crippen LogP contribution in [0.3, 0.4) is 0 Å². The van der Waals surface area contributed by atoms with Gasteiger partial charge in [-0.05, 0) is 5.21 Å². The zero-order valence-corrected chi connectivity index (χ0v) is 6.27. The third-order valence-electron chi connectivity index (χ3n) is 1.90. The molecule has 1 amide bonds. The minimum Gasteiger partial charge on any atom is -0.369 e. The molecule has 1 aromatic heterocycles. The van der Waals surface area contributed by atoms with E-state index in [2.05, 4.69) is 20.6 Å². The van der Waals surface area contributed by atoms with E-state index >= 15 is 0 Å². The molecule has 64 valence electrons. The number of hydrogen-bond donors (Lipinski definition) is 2. The van der Waals surface area contributed by atoms with Gasteiger partial charge in [0.2, 0.25) is 5.91 Å². The fraction of sp³-hybridized carbons (Fsp3) is 0.600. The Balaban J connectivity index is 1.94. The predicted molar refractivity (Wildman–Crippen MR) is 39.1 cm³/mol. The van der Waals surface area contributed by atoms with E-state index in [9.17, 15) is 4.79 Å². The molecule has 1 aliphatic heterocycles. The summed E-state index contributed by atoms with van der Waals surface area (Å²) in [7, 11) is 0. The van der Waals surface area contributed by atoms with Gasteiger partial charge in [0.1, 0.15) is 0 Å². The van der Waals surface area contributed by atoms with E-state index < -0.39 is 0 Å². The van der Waals surface area contributed by atoms with Gasteiger partial charge in [0.15, 0.2) is 0 Å². The van der Waals surface area contributed by atoms with Crippen molar-refractivity contribution in [3.63, 3.8) is 0 Å². The van der Waals surface area contributed by atoms with Crippen LogP contribution in [-0.4, -0.2) is 39.6 Å². The maximum Gasteiger partial charge on any atom is 0.265 e. The molecule has 3 N–H and O–H groups in total. The first-order valence-electron chi connectivity index (χ1n) is 3.55. The quantitative estimate of drug-likeness (QED) is 0.538. The van der Waals surface area contributed by atoms with E-state index in [-0.39, 0.29) is 11.8 Å². The van der Waals surface area contributed by atoms with Crippen LogP contribution >= 0.6 is 0 Å². The van der Waals surface area contributed by atoms with Crippen LogP contribution in [0, 0.1) is 5.92 Å². The number of H-pyrrole nitrogens is 1. The molecule has 1 aromatic rings. The van der Waals surface area contributed by atoms with Crippen LogP contribution in [0.4, 0.5) is 5.95 Å². The number of tetrazole rings is 1. The van der Waals surface area contributed by atoms with Gasteiger partial charge in [0.25, 0.3) is 5.95 Å². The molecule has 7 heteroatoms.